The predicted octanol–water partition coefficient (Wildman–Crippen LogP) is 5.60. The molecule has 3 aromatic rings. The second-order valence-electron chi connectivity index (χ2n) is 5.94. The van der Waals surface area contributed by atoms with Crippen LogP contribution >= 0.6 is 11.6 Å². The van der Waals surface area contributed by atoms with Crippen LogP contribution in [0.15, 0.2) is 54.6 Å². The highest BCUT2D eigenvalue weighted by Crippen LogP contribution is 2.28. The molecule has 0 aliphatic rings. The van der Waals surface area contributed by atoms with Gasteiger partial charge in [0.2, 0.25) is 0 Å². The van der Waals surface area contributed by atoms with Crippen LogP contribution in [0.3, 0.4) is 0 Å². The summed E-state index contributed by atoms with van der Waals surface area (Å²) in [5.41, 5.74) is 3.17. The number of benzene rings is 2. The number of ether oxygens (including phenoxy) is 1. The Labute approximate surface area is 160 Å². The Morgan fingerprint density at radius 2 is 1.74 bits per heavy atom. The van der Waals surface area contributed by atoms with Crippen molar-refractivity contribution in [3.8, 4) is 11.4 Å². The first-order valence-electron chi connectivity index (χ1n) is 8.17. The molecule has 0 fully saturated rings. The zero-order valence-corrected chi connectivity index (χ0v) is 15.4. The van der Waals surface area contributed by atoms with Gasteiger partial charge in [0.1, 0.15) is 5.75 Å². The van der Waals surface area contributed by atoms with E-state index in [1.165, 1.54) is 12.1 Å². The molecule has 1 aromatic heterocycles. The Kier molecular flexibility index (Phi) is 5.46. The van der Waals surface area contributed by atoms with E-state index in [2.05, 4.69) is 10.1 Å². The number of alkyl halides is 2. The second kappa shape index (κ2) is 7.80. The Hall–Kier alpha value is -2.86. The summed E-state index contributed by atoms with van der Waals surface area (Å²) in [6.07, 6.45) is 0. The largest absolute Gasteiger partial charge is 0.433 e. The first-order chi connectivity index (χ1) is 12.9. The molecule has 0 radical (unpaired) electrons. The third kappa shape index (κ3) is 4.11. The van der Waals surface area contributed by atoms with Gasteiger partial charge in [-0.2, -0.15) is 8.78 Å². The highest BCUT2D eigenvalue weighted by molar-refractivity contribution is 6.34. The molecule has 1 N–H and O–H groups in total. The van der Waals surface area contributed by atoms with Crippen LogP contribution in [0.25, 0.3) is 5.69 Å². The molecule has 0 saturated heterocycles. The van der Waals surface area contributed by atoms with Crippen LogP contribution < -0.4 is 10.1 Å². The van der Waals surface area contributed by atoms with E-state index in [0.717, 1.165) is 17.1 Å². The molecular weight excluding hydrogens is 374 g/mol. The van der Waals surface area contributed by atoms with Crippen LogP contribution in [0.4, 0.5) is 14.5 Å². The summed E-state index contributed by atoms with van der Waals surface area (Å²) in [5, 5.41) is 2.84. The third-order valence-corrected chi connectivity index (χ3v) is 4.40. The zero-order valence-electron chi connectivity index (χ0n) is 14.7. The quantitative estimate of drug-likeness (QED) is 0.616. The van der Waals surface area contributed by atoms with Crippen molar-refractivity contribution in [1.29, 1.82) is 0 Å². The number of carbonyl (C=O) groups is 1. The molecule has 0 atom stereocenters. The average molecular weight is 391 g/mol. The lowest BCUT2D eigenvalue weighted by molar-refractivity contribution is -0.0493. The number of aromatic nitrogens is 1. The van der Waals surface area contributed by atoms with Gasteiger partial charge in [0.05, 0.1) is 16.3 Å². The van der Waals surface area contributed by atoms with Crippen molar-refractivity contribution >= 4 is 23.2 Å². The Balaban J connectivity index is 1.93. The van der Waals surface area contributed by atoms with Gasteiger partial charge in [0.15, 0.2) is 0 Å². The SMILES string of the molecule is Cc1ccc(C)n1-c1ccc(Cl)c(C(=O)Nc2ccccc2OC(F)F)c1. The maximum Gasteiger partial charge on any atom is 0.387 e. The second-order valence-corrected chi connectivity index (χ2v) is 6.35. The zero-order chi connectivity index (χ0) is 19.6. The number of hydrogen-bond acceptors (Lipinski definition) is 2. The number of hydrogen-bond donors (Lipinski definition) is 1. The van der Waals surface area contributed by atoms with Gasteiger partial charge < -0.3 is 14.6 Å². The van der Waals surface area contributed by atoms with Crippen LogP contribution in [-0.4, -0.2) is 17.1 Å². The Morgan fingerprint density at radius 1 is 1.07 bits per heavy atom. The number of carbonyl (C=O) groups excluding carboxylic acids is 1. The molecule has 4 nitrogen and oxygen atoms in total. The lowest BCUT2D eigenvalue weighted by Crippen LogP contribution is -2.15. The van der Waals surface area contributed by atoms with Crippen LogP contribution in [-0.2, 0) is 0 Å². The number of nitrogens with one attached hydrogen (secondary N) is 1. The number of para-hydroxylation sites is 2. The molecule has 3 rings (SSSR count). The van der Waals surface area contributed by atoms with Crippen LogP contribution in [0.1, 0.15) is 21.7 Å². The number of halogens is 3. The number of rotatable bonds is 5. The molecule has 27 heavy (non-hydrogen) atoms. The van der Waals surface area contributed by atoms with Crippen molar-refractivity contribution in [3.05, 3.63) is 76.6 Å². The van der Waals surface area contributed by atoms with E-state index < -0.39 is 12.5 Å². The van der Waals surface area contributed by atoms with E-state index in [1.807, 2.05) is 36.6 Å². The van der Waals surface area contributed by atoms with Crippen molar-refractivity contribution in [2.75, 3.05) is 5.32 Å². The monoisotopic (exact) mass is 390 g/mol. The van der Waals surface area contributed by atoms with Crippen molar-refractivity contribution in [1.82, 2.24) is 4.57 Å². The highest BCUT2D eigenvalue weighted by Gasteiger charge is 2.16. The van der Waals surface area contributed by atoms with Gasteiger partial charge in [0.25, 0.3) is 5.91 Å². The van der Waals surface area contributed by atoms with Crippen molar-refractivity contribution in [3.63, 3.8) is 0 Å². The molecule has 0 aliphatic carbocycles. The Morgan fingerprint density at radius 3 is 2.41 bits per heavy atom. The fourth-order valence-electron chi connectivity index (χ4n) is 2.86. The molecule has 0 saturated carbocycles. The summed E-state index contributed by atoms with van der Waals surface area (Å²) >= 11 is 6.20. The molecule has 0 unspecified atom stereocenters. The highest BCUT2D eigenvalue weighted by atomic mass is 35.5. The maximum atomic E-state index is 12.7. The fraction of sp³-hybridized carbons (Fsp3) is 0.150. The fourth-order valence-corrected chi connectivity index (χ4v) is 3.06. The van der Waals surface area contributed by atoms with Crippen LogP contribution in [0, 0.1) is 13.8 Å². The number of nitrogens with zero attached hydrogens (tertiary/aromatic N) is 1. The molecule has 0 aliphatic heterocycles. The van der Waals surface area contributed by atoms with Gasteiger partial charge in [-0.15, -0.1) is 0 Å². The first-order valence-corrected chi connectivity index (χ1v) is 8.54. The van der Waals surface area contributed by atoms with Crippen molar-refractivity contribution < 1.29 is 18.3 Å². The minimum Gasteiger partial charge on any atom is -0.433 e. The molecule has 0 bridgehead atoms. The molecular formula is C20H17ClF2N2O2. The minimum absolute atomic E-state index is 0.120. The summed E-state index contributed by atoms with van der Waals surface area (Å²) < 4.78 is 31.5. The van der Waals surface area contributed by atoms with Crippen LogP contribution in [0.5, 0.6) is 5.75 Å². The maximum absolute atomic E-state index is 12.7. The minimum atomic E-state index is -2.99. The first kappa shape index (κ1) is 18.9. The molecule has 1 heterocycles. The molecule has 1 amide bonds. The number of amides is 1. The molecule has 2 aromatic carbocycles. The number of aryl methyl sites for hydroxylation is 2. The van der Waals surface area contributed by atoms with Gasteiger partial charge in [-0.05, 0) is 56.3 Å². The third-order valence-electron chi connectivity index (χ3n) is 4.08. The summed E-state index contributed by atoms with van der Waals surface area (Å²) in [4.78, 5) is 12.7. The van der Waals surface area contributed by atoms with Gasteiger partial charge in [-0.25, -0.2) is 0 Å². The van der Waals surface area contributed by atoms with Gasteiger partial charge >= 0.3 is 6.61 Å². The van der Waals surface area contributed by atoms with Gasteiger partial charge in [0, 0.05) is 17.1 Å². The normalized spacial score (nSPS) is 10.9. The predicted molar refractivity (Wildman–Crippen MR) is 101 cm³/mol. The number of anilines is 1. The van der Waals surface area contributed by atoms with E-state index in [-0.39, 0.29) is 22.0 Å². The smallest absolute Gasteiger partial charge is 0.387 e. The van der Waals surface area contributed by atoms with E-state index in [1.54, 1.807) is 24.3 Å². The standard InChI is InChI=1S/C20H17ClF2N2O2/c1-12-7-8-13(2)25(12)14-9-10-16(21)15(11-14)19(26)24-17-5-3-4-6-18(17)27-20(22)23/h3-11,20H,1-2H3,(H,24,26). The lowest BCUT2D eigenvalue weighted by atomic mass is 10.1. The van der Waals surface area contributed by atoms with Crippen LogP contribution in [0.2, 0.25) is 5.02 Å². The van der Waals surface area contributed by atoms with E-state index in [4.69, 9.17) is 11.6 Å². The summed E-state index contributed by atoms with van der Waals surface area (Å²) in [7, 11) is 0. The van der Waals surface area contributed by atoms with E-state index in [0.29, 0.717) is 0 Å². The summed E-state index contributed by atoms with van der Waals surface area (Å²) in [6, 6.07) is 15.0. The van der Waals surface area contributed by atoms with Crippen molar-refractivity contribution in [2.45, 2.75) is 20.5 Å². The van der Waals surface area contributed by atoms with Gasteiger partial charge in [-0.1, -0.05) is 23.7 Å². The Bertz CT molecular complexity index is 966. The summed E-state index contributed by atoms with van der Waals surface area (Å²) in [6.45, 7) is 0.924. The van der Waals surface area contributed by atoms with E-state index in [9.17, 15) is 13.6 Å². The molecule has 140 valence electrons. The van der Waals surface area contributed by atoms with Gasteiger partial charge in [-0.3, -0.25) is 4.79 Å². The lowest BCUT2D eigenvalue weighted by Gasteiger charge is -2.14. The average Bonchev–Trinajstić information content (AvgIpc) is 2.95. The summed E-state index contributed by atoms with van der Waals surface area (Å²) in [5.74, 6) is -0.639. The molecule has 0 spiro atoms. The topological polar surface area (TPSA) is 43.3 Å². The van der Waals surface area contributed by atoms with Crippen molar-refractivity contribution in [2.24, 2.45) is 0 Å². The van der Waals surface area contributed by atoms with E-state index >= 15 is 0 Å². The molecule has 7 heteroatoms.